The third-order valence-electron chi connectivity index (χ3n) is 3.36. The number of nitriles is 1. The maximum absolute atomic E-state index is 8.74. The van der Waals surface area contributed by atoms with Crippen LogP contribution in [0.2, 0.25) is 0 Å². The first-order valence-corrected chi connectivity index (χ1v) is 7.35. The van der Waals surface area contributed by atoms with E-state index in [0.717, 1.165) is 17.4 Å². The van der Waals surface area contributed by atoms with Crippen LogP contribution >= 0.6 is 11.8 Å². The first kappa shape index (κ1) is 12.5. The molecule has 0 N–H and O–H groups in total. The van der Waals surface area contributed by atoms with Gasteiger partial charge >= 0.3 is 0 Å². The maximum atomic E-state index is 8.74. The van der Waals surface area contributed by atoms with Gasteiger partial charge in [0.15, 0.2) is 0 Å². The van der Waals surface area contributed by atoms with Crippen molar-refractivity contribution in [1.29, 1.82) is 5.26 Å². The summed E-state index contributed by atoms with van der Waals surface area (Å²) in [4.78, 5) is 2.51. The number of hydrogen-bond acceptors (Lipinski definition) is 3. The van der Waals surface area contributed by atoms with Crippen LogP contribution in [-0.4, -0.2) is 29.5 Å². The Balaban J connectivity index is 1.87. The SMILES string of the molecule is CSC1CCN(Cc2ccc(C#N)cc2)CC1. The zero-order chi connectivity index (χ0) is 12.1. The molecule has 1 aliphatic heterocycles. The Labute approximate surface area is 108 Å². The highest BCUT2D eigenvalue weighted by Gasteiger charge is 2.17. The molecular weight excluding hydrogens is 228 g/mol. The second-order valence-corrected chi connectivity index (χ2v) is 5.66. The Morgan fingerprint density at radius 1 is 1.29 bits per heavy atom. The summed E-state index contributed by atoms with van der Waals surface area (Å²) < 4.78 is 0. The predicted molar refractivity (Wildman–Crippen MR) is 73.0 cm³/mol. The molecule has 1 aliphatic rings. The Hall–Kier alpha value is -0.980. The lowest BCUT2D eigenvalue weighted by molar-refractivity contribution is 0.225. The van der Waals surface area contributed by atoms with Gasteiger partial charge in [0.1, 0.15) is 0 Å². The summed E-state index contributed by atoms with van der Waals surface area (Å²) in [6.45, 7) is 3.42. The fraction of sp³-hybridized carbons (Fsp3) is 0.500. The van der Waals surface area contributed by atoms with Crippen LogP contribution in [-0.2, 0) is 6.54 Å². The molecule has 1 aromatic rings. The summed E-state index contributed by atoms with van der Waals surface area (Å²) in [6.07, 6.45) is 4.82. The molecule has 0 aromatic heterocycles. The number of piperidine rings is 1. The van der Waals surface area contributed by atoms with Gasteiger partial charge in [-0.3, -0.25) is 4.90 Å². The van der Waals surface area contributed by atoms with Gasteiger partial charge in [-0.25, -0.2) is 0 Å². The smallest absolute Gasteiger partial charge is 0.0991 e. The zero-order valence-electron chi connectivity index (χ0n) is 10.2. The Morgan fingerprint density at radius 3 is 2.47 bits per heavy atom. The average molecular weight is 246 g/mol. The summed E-state index contributed by atoms with van der Waals surface area (Å²) in [5.74, 6) is 0. The lowest BCUT2D eigenvalue weighted by atomic mass is 10.1. The van der Waals surface area contributed by atoms with Crippen molar-refractivity contribution >= 4 is 11.8 Å². The number of benzene rings is 1. The normalized spacial score (nSPS) is 17.9. The molecule has 0 aliphatic carbocycles. The van der Waals surface area contributed by atoms with E-state index < -0.39 is 0 Å². The molecule has 1 aromatic carbocycles. The molecule has 0 unspecified atom stereocenters. The predicted octanol–water partition coefficient (Wildman–Crippen LogP) is 2.89. The molecule has 0 atom stereocenters. The lowest BCUT2D eigenvalue weighted by Crippen LogP contribution is -2.34. The van der Waals surface area contributed by atoms with Crippen molar-refractivity contribution in [2.75, 3.05) is 19.3 Å². The van der Waals surface area contributed by atoms with Crippen LogP contribution in [0.25, 0.3) is 0 Å². The van der Waals surface area contributed by atoms with E-state index in [9.17, 15) is 0 Å². The molecular formula is C14H18N2S. The number of thioether (sulfide) groups is 1. The molecule has 90 valence electrons. The molecule has 0 amide bonds. The second-order valence-electron chi connectivity index (χ2n) is 4.52. The van der Waals surface area contributed by atoms with E-state index in [1.54, 1.807) is 0 Å². The minimum absolute atomic E-state index is 0.745. The molecule has 1 fully saturated rings. The molecule has 2 nitrogen and oxygen atoms in total. The maximum Gasteiger partial charge on any atom is 0.0991 e. The van der Waals surface area contributed by atoms with Crippen LogP contribution in [0.5, 0.6) is 0 Å². The summed E-state index contributed by atoms with van der Waals surface area (Å²) >= 11 is 2.00. The van der Waals surface area contributed by atoms with Crippen molar-refractivity contribution in [1.82, 2.24) is 4.90 Å². The van der Waals surface area contributed by atoms with Gasteiger partial charge in [0.25, 0.3) is 0 Å². The van der Waals surface area contributed by atoms with Crippen LogP contribution in [0.1, 0.15) is 24.0 Å². The second kappa shape index (κ2) is 6.09. The third-order valence-corrected chi connectivity index (χ3v) is 4.50. The van der Waals surface area contributed by atoms with Gasteiger partial charge in [0.05, 0.1) is 11.6 Å². The van der Waals surface area contributed by atoms with Crippen LogP contribution in [0, 0.1) is 11.3 Å². The summed E-state index contributed by atoms with van der Waals surface area (Å²) in [5.41, 5.74) is 2.06. The Kier molecular flexibility index (Phi) is 4.47. The van der Waals surface area contributed by atoms with Crippen molar-refractivity contribution in [3.63, 3.8) is 0 Å². The first-order valence-electron chi connectivity index (χ1n) is 6.06. The topological polar surface area (TPSA) is 27.0 Å². The van der Waals surface area contributed by atoms with Gasteiger partial charge in [0.2, 0.25) is 0 Å². The Morgan fingerprint density at radius 2 is 1.94 bits per heavy atom. The molecule has 0 radical (unpaired) electrons. The van der Waals surface area contributed by atoms with Crippen LogP contribution in [0.15, 0.2) is 24.3 Å². The van der Waals surface area contributed by atoms with Crippen molar-refractivity contribution < 1.29 is 0 Å². The fourth-order valence-electron chi connectivity index (χ4n) is 2.25. The van der Waals surface area contributed by atoms with Gasteiger partial charge in [-0.15, -0.1) is 0 Å². The molecule has 1 saturated heterocycles. The van der Waals surface area contributed by atoms with E-state index >= 15 is 0 Å². The van der Waals surface area contributed by atoms with Gasteiger partial charge in [0, 0.05) is 11.8 Å². The van der Waals surface area contributed by atoms with E-state index in [4.69, 9.17) is 5.26 Å². The van der Waals surface area contributed by atoms with Crippen molar-refractivity contribution in [3.8, 4) is 6.07 Å². The van der Waals surface area contributed by atoms with Crippen molar-refractivity contribution in [3.05, 3.63) is 35.4 Å². The monoisotopic (exact) mass is 246 g/mol. The quantitative estimate of drug-likeness (QED) is 0.820. The molecule has 3 heteroatoms. The van der Waals surface area contributed by atoms with E-state index in [2.05, 4.69) is 29.4 Å². The van der Waals surface area contributed by atoms with Gasteiger partial charge in [-0.05, 0) is 49.9 Å². The van der Waals surface area contributed by atoms with Crippen LogP contribution in [0.4, 0.5) is 0 Å². The van der Waals surface area contributed by atoms with E-state index in [-0.39, 0.29) is 0 Å². The van der Waals surface area contributed by atoms with Gasteiger partial charge in [-0.2, -0.15) is 17.0 Å². The number of hydrogen-bond donors (Lipinski definition) is 0. The highest BCUT2D eigenvalue weighted by atomic mass is 32.2. The highest BCUT2D eigenvalue weighted by molar-refractivity contribution is 7.99. The number of rotatable bonds is 3. The van der Waals surface area contributed by atoms with Gasteiger partial charge < -0.3 is 0 Å². The zero-order valence-corrected chi connectivity index (χ0v) is 11.0. The van der Waals surface area contributed by atoms with E-state index in [0.29, 0.717) is 0 Å². The molecule has 0 saturated carbocycles. The molecule has 2 rings (SSSR count). The standard InChI is InChI=1S/C14H18N2S/c1-17-14-6-8-16(9-7-14)11-13-4-2-12(10-15)3-5-13/h2-5,14H,6-9,11H2,1H3. The lowest BCUT2D eigenvalue weighted by Gasteiger charge is -2.31. The number of likely N-dealkylation sites (tertiary alicyclic amines) is 1. The summed E-state index contributed by atoms with van der Waals surface area (Å²) in [5, 5.41) is 9.60. The number of nitrogens with zero attached hydrogens (tertiary/aromatic N) is 2. The van der Waals surface area contributed by atoms with Crippen LogP contribution < -0.4 is 0 Å². The average Bonchev–Trinajstić information content (AvgIpc) is 2.40. The summed E-state index contributed by atoms with van der Waals surface area (Å²) in [6, 6.07) is 10.1. The van der Waals surface area contributed by atoms with Gasteiger partial charge in [-0.1, -0.05) is 12.1 Å². The molecule has 1 heterocycles. The molecule has 17 heavy (non-hydrogen) atoms. The van der Waals surface area contributed by atoms with E-state index in [1.165, 1.54) is 31.5 Å². The summed E-state index contributed by atoms with van der Waals surface area (Å²) in [7, 11) is 0. The highest BCUT2D eigenvalue weighted by Crippen LogP contribution is 2.22. The first-order chi connectivity index (χ1) is 8.31. The molecule has 0 bridgehead atoms. The minimum atomic E-state index is 0.745. The molecule has 0 spiro atoms. The Bertz CT molecular complexity index is 386. The van der Waals surface area contributed by atoms with E-state index in [1.807, 2.05) is 23.9 Å². The van der Waals surface area contributed by atoms with Crippen molar-refractivity contribution in [2.45, 2.75) is 24.6 Å². The minimum Gasteiger partial charge on any atom is -0.299 e. The van der Waals surface area contributed by atoms with Crippen LogP contribution in [0.3, 0.4) is 0 Å². The third kappa shape index (κ3) is 3.49. The largest absolute Gasteiger partial charge is 0.299 e. The fourth-order valence-corrected chi connectivity index (χ4v) is 2.93. The van der Waals surface area contributed by atoms with Crippen molar-refractivity contribution in [2.24, 2.45) is 0 Å².